The van der Waals surface area contributed by atoms with Gasteiger partial charge in [-0.05, 0) is 43.0 Å². The summed E-state index contributed by atoms with van der Waals surface area (Å²) in [5.74, 6) is 0.285. The molecular weight excluding hydrogens is 254 g/mol. The van der Waals surface area contributed by atoms with Crippen molar-refractivity contribution in [2.24, 2.45) is 5.92 Å². The maximum Gasteiger partial charge on any atom is 0.0473 e. The van der Waals surface area contributed by atoms with Crippen molar-refractivity contribution in [2.75, 3.05) is 18.5 Å². The van der Waals surface area contributed by atoms with Crippen LogP contribution in [0.25, 0.3) is 0 Å². The van der Waals surface area contributed by atoms with Crippen molar-refractivity contribution >= 4 is 21.6 Å². The van der Waals surface area contributed by atoms with Gasteiger partial charge in [-0.3, -0.25) is 0 Å². The molecule has 2 nitrogen and oxygen atoms in total. The van der Waals surface area contributed by atoms with E-state index in [0.29, 0.717) is 0 Å². The highest BCUT2D eigenvalue weighted by Crippen LogP contribution is 2.25. The number of rotatable bonds is 4. The van der Waals surface area contributed by atoms with Crippen LogP contribution >= 0.6 is 15.9 Å². The van der Waals surface area contributed by atoms with Crippen LogP contribution in [0.1, 0.15) is 18.1 Å². The largest absolute Gasteiger partial charge is 0.396 e. The molecule has 0 aliphatic rings. The standard InChI is InChI=1S/C12H18BrNO/c1-8(7-15)6-14-12-9(2)4-11(13)5-10(12)3/h4-5,8,14-15H,6-7H2,1-3H3. The first-order chi connectivity index (χ1) is 7.04. The molecular formula is C12H18BrNO. The Balaban J connectivity index is 2.77. The van der Waals surface area contributed by atoms with Crippen LogP contribution in [0.2, 0.25) is 0 Å². The van der Waals surface area contributed by atoms with E-state index in [2.05, 4.69) is 47.2 Å². The second-order valence-corrected chi connectivity index (χ2v) is 5.00. The molecule has 0 fully saturated rings. The van der Waals surface area contributed by atoms with Crippen LogP contribution in [-0.2, 0) is 0 Å². The first kappa shape index (κ1) is 12.5. The minimum Gasteiger partial charge on any atom is -0.396 e. The molecule has 1 unspecified atom stereocenters. The predicted molar refractivity (Wildman–Crippen MR) is 68.4 cm³/mol. The summed E-state index contributed by atoms with van der Waals surface area (Å²) in [6.07, 6.45) is 0. The Hall–Kier alpha value is -0.540. The fraction of sp³-hybridized carbons (Fsp3) is 0.500. The minimum atomic E-state index is 0.224. The van der Waals surface area contributed by atoms with Crippen molar-refractivity contribution in [3.8, 4) is 0 Å². The summed E-state index contributed by atoms with van der Waals surface area (Å²) in [5, 5.41) is 12.3. The lowest BCUT2D eigenvalue weighted by Crippen LogP contribution is -2.15. The van der Waals surface area contributed by atoms with Crippen molar-refractivity contribution in [1.29, 1.82) is 0 Å². The predicted octanol–water partition coefficient (Wildman–Crippen LogP) is 3.11. The maximum atomic E-state index is 8.95. The van der Waals surface area contributed by atoms with Crippen LogP contribution in [0.3, 0.4) is 0 Å². The number of halogens is 1. The smallest absolute Gasteiger partial charge is 0.0473 e. The number of hydrogen-bond acceptors (Lipinski definition) is 2. The minimum absolute atomic E-state index is 0.224. The topological polar surface area (TPSA) is 32.3 Å². The van der Waals surface area contributed by atoms with E-state index in [9.17, 15) is 0 Å². The lowest BCUT2D eigenvalue weighted by Gasteiger charge is -2.15. The van der Waals surface area contributed by atoms with Gasteiger partial charge < -0.3 is 10.4 Å². The van der Waals surface area contributed by atoms with Gasteiger partial charge in [-0.1, -0.05) is 22.9 Å². The summed E-state index contributed by atoms with van der Waals surface area (Å²) in [6, 6.07) is 4.19. The van der Waals surface area contributed by atoms with Gasteiger partial charge in [0.2, 0.25) is 0 Å². The summed E-state index contributed by atoms with van der Waals surface area (Å²) >= 11 is 3.47. The molecule has 0 aliphatic carbocycles. The van der Waals surface area contributed by atoms with Crippen molar-refractivity contribution in [1.82, 2.24) is 0 Å². The van der Waals surface area contributed by atoms with Gasteiger partial charge in [-0.25, -0.2) is 0 Å². The van der Waals surface area contributed by atoms with E-state index < -0.39 is 0 Å². The second kappa shape index (κ2) is 5.52. The maximum absolute atomic E-state index is 8.95. The molecule has 15 heavy (non-hydrogen) atoms. The SMILES string of the molecule is Cc1cc(Br)cc(C)c1NCC(C)CO. The third-order valence-corrected chi connectivity index (χ3v) is 2.89. The van der Waals surface area contributed by atoms with Crippen LogP contribution in [0.15, 0.2) is 16.6 Å². The van der Waals surface area contributed by atoms with Gasteiger partial charge in [-0.15, -0.1) is 0 Å². The number of anilines is 1. The van der Waals surface area contributed by atoms with Crippen molar-refractivity contribution in [3.63, 3.8) is 0 Å². The highest BCUT2D eigenvalue weighted by Gasteiger charge is 2.05. The van der Waals surface area contributed by atoms with E-state index >= 15 is 0 Å². The summed E-state index contributed by atoms with van der Waals surface area (Å²) in [7, 11) is 0. The van der Waals surface area contributed by atoms with Crippen molar-refractivity contribution < 1.29 is 5.11 Å². The number of aliphatic hydroxyl groups excluding tert-OH is 1. The van der Waals surface area contributed by atoms with E-state index in [-0.39, 0.29) is 12.5 Å². The zero-order valence-electron chi connectivity index (χ0n) is 9.47. The Morgan fingerprint density at radius 3 is 2.33 bits per heavy atom. The molecule has 0 saturated heterocycles. The number of benzene rings is 1. The van der Waals surface area contributed by atoms with Crippen LogP contribution in [0, 0.1) is 19.8 Å². The van der Waals surface area contributed by atoms with Crippen molar-refractivity contribution in [3.05, 3.63) is 27.7 Å². The lowest BCUT2D eigenvalue weighted by atomic mass is 10.1. The molecule has 1 aromatic carbocycles. The molecule has 84 valence electrons. The molecule has 1 aromatic rings. The first-order valence-electron chi connectivity index (χ1n) is 5.16. The summed E-state index contributed by atoms with van der Waals surface area (Å²) in [6.45, 7) is 7.23. The zero-order valence-corrected chi connectivity index (χ0v) is 11.1. The summed E-state index contributed by atoms with van der Waals surface area (Å²) < 4.78 is 1.11. The normalized spacial score (nSPS) is 12.6. The highest BCUT2D eigenvalue weighted by atomic mass is 79.9. The van der Waals surface area contributed by atoms with Crippen LogP contribution < -0.4 is 5.32 Å². The Labute approximate surface area is 99.8 Å². The third-order valence-electron chi connectivity index (χ3n) is 2.44. The average molecular weight is 272 g/mol. The van der Waals surface area contributed by atoms with Crippen LogP contribution in [0.4, 0.5) is 5.69 Å². The molecule has 0 heterocycles. The second-order valence-electron chi connectivity index (χ2n) is 4.08. The molecule has 0 aromatic heterocycles. The van der Waals surface area contributed by atoms with Gasteiger partial charge in [0.25, 0.3) is 0 Å². The summed E-state index contributed by atoms with van der Waals surface area (Å²) in [4.78, 5) is 0. The molecule has 0 amide bonds. The number of hydrogen-bond donors (Lipinski definition) is 2. The molecule has 0 bridgehead atoms. The molecule has 2 N–H and O–H groups in total. The molecule has 1 rings (SSSR count). The van der Waals surface area contributed by atoms with Gasteiger partial charge in [-0.2, -0.15) is 0 Å². The molecule has 0 saturated carbocycles. The monoisotopic (exact) mass is 271 g/mol. The quantitative estimate of drug-likeness (QED) is 0.882. The Morgan fingerprint density at radius 1 is 1.33 bits per heavy atom. The van der Waals surface area contributed by atoms with Gasteiger partial charge in [0.1, 0.15) is 0 Å². The van der Waals surface area contributed by atoms with Gasteiger partial charge in [0, 0.05) is 23.3 Å². The number of aryl methyl sites for hydroxylation is 2. The van der Waals surface area contributed by atoms with E-state index in [1.54, 1.807) is 0 Å². The fourth-order valence-corrected chi connectivity index (χ4v) is 2.22. The zero-order chi connectivity index (χ0) is 11.4. The average Bonchev–Trinajstić information content (AvgIpc) is 2.15. The van der Waals surface area contributed by atoms with Crippen LogP contribution in [0.5, 0.6) is 0 Å². The molecule has 3 heteroatoms. The van der Waals surface area contributed by atoms with Gasteiger partial charge >= 0.3 is 0 Å². The number of nitrogens with one attached hydrogen (secondary N) is 1. The third kappa shape index (κ3) is 3.50. The Kier molecular flexibility index (Phi) is 4.61. The Bertz CT molecular complexity index is 315. The van der Waals surface area contributed by atoms with E-state index in [4.69, 9.17) is 5.11 Å². The fourth-order valence-electron chi connectivity index (χ4n) is 1.53. The van der Waals surface area contributed by atoms with E-state index in [0.717, 1.165) is 11.0 Å². The van der Waals surface area contributed by atoms with Crippen molar-refractivity contribution in [2.45, 2.75) is 20.8 Å². The lowest BCUT2D eigenvalue weighted by molar-refractivity contribution is 0.244. The molecule has 1 atom stereocenters. The van der Waals surface area contributed by atoms with E-state index in [1.165, 1.54) is 16.8 Å². The molecule has 0 spiro atoms. The summed E-state index contributed by atoms with van der Waals surface area (Å²) in [5.41, 5.74) is 3.64. The first-order valence-corrected chi connectivity index (χ1v) is 5.95. The molecule has 0 radical (unpaired) electrons. The number of aliphatic hydroxyl groups is 1. The van der Waals surface area contributed by atoms with Crippen LogP contribution in [-0.4, -0.2) is 18.3 Å². The Morgan fingerprint density at radius 2 is 1.87 bits per heavy atom. The van der Waals surface area contributed by atoms with E-state index in [1.807, 2.05) is 6.92 Å². The van der Waals surface area contributed by atoms with Gasteiger partial charge in [0.15, 0.2) is 0 Å². The highest BCUT2D eigenvalue weighted by molar-refractivity contribution is 9.10. The van der Waals surface area contributed by atoms with Gasteiger partial charge in [0.05, 0.1) is 0 Å². The molecule has 0 aliphatic heterocycles.